The fourth-order valence-corrected chi connectivity index (χ4v) is 4.48. The molecule has 0 aliphatic heterocycles. The summed E-state index contributed by atoms with van der Waals surface area (Å²) in [5, 5.41) is 0.191. The molecule has 0 heterocycles. The monoisotopic (exact) mass is 254 g/mol. The van der Waals surface area contributed by atoms with E-state index in [-0.39, 0.29) is 5.04 Å². The van der Waals surface area contributed by atoms with Crippen molar-refractivity contribution < 1.29 is 9.22 Å². The van der Waals surface area contributed by atoms with E-state index >= 15 is 0 Å². The zero-order valence-corrected chi connectivity index (χ0v) is 12.9. The molecule has 0 N–H and O–H groups in total. The highest BCUT2D eigenvalue weighted by atomic mass is 28.4. The molecule has 0 aromatic heterocycles. The lowest BCUT2D eigenvalue weighted by Gasteiger charge is -2.51. The second-order valence-electron chi connectivity index (χ2n) is 7.43. The first kappa shape index (κ1) is 13.3. The molecule has 98 valence electrons. The number of hydrogen-bond acceptors (Lipinski definition) is 2. The zero-order chi connectivity index (χ0) is 12.9. The van der Waals surface area contributed by atoms with Crippen LogP contribution >= 0.6 is 0 Å². The van der Waals surface area contributed by atoms with Crippen LogP contribution in [0.4, 0.5) is 0 Å². The first-order valence-electron chi connectivity index (χ1n) is 6.90. The Labute approximate surface area is 106 Å². The van der Waals surface area contributed by atoms with E-state index < -0.39 is 13.9 Å². The predicted octanol–water partition coefficient (Wildman–Crippen LogP) is 3.91. The van der Waals surface area contributed by atoms with E-state index in [0.29, 0.717) is 11.7 Å². The van der Waals surface area contributed by atoms with Crippen molar-refractivity contribution in [3.05, 3.63) is 0 Å². The van der Waals surface area contributed by atoms with Crippen LogP contribution < -0.4 is 0 Å². The van der Waals surface area contributed by atoms with Crippen LogP contribution in [0, 0.1) is 5.92 Å². The predicted molar refractivity (Wildman–Crippen MR) is 72.6 cm³/mol. The molecule has 3 fully saturated rings. The van der Waals surface area contributed by atoms with E-state index in [1.807, 2.05) is 0 Å². The maximum atomic E-state index is 12.3. The molecule has 17 heavy (non-hydrogen) atoms. The Kier molecular flexibility index (Phi) is 3.06. The van der Waals surface area contributed by atoms with Crippen LogP contribution in [0.2, 0.25) is 18.1 Å². The maximum Gasteiger partial charge on any atom is 0.193 e. The number of carbonyl (C=O) groups is 1. The Morgan fingerprint density at radius 2 is 1.76 bits per heavy atom. The van der Waals surface area contributed by atoms with Gasteiger partial charge in [-0.15, -0.1) is 0 Å². The lowest BCUT2D eigenvalue weighted by Crippen LogP contribution is -2.57. The highest BCUT2D eigenvalue weighted by Gasteiger charge is 2.52. The molecule has 0 amide bonds. The van der Waals surface area contributed by atoms with Crippen LogP contribution in [0.5, 0.6) is 0 Å². The summed E-state index contributed by atoms with van der Waals surface area (Å²) < 4.78 is 6.52. The zero-order valence-electron chi connectivity index (χ0n) is 11.9. The normalized spacial score (nSPS) is 34.2. The average molecular weight is 254 g/mol. The molecule has 3 aliphatic carbocycles. The number of rotatable bonds is 2. The van der Waals surface area contributed by atoms with Gasteiger partial charge in [0.25, 0.3) is 0 Å². The minimum Gasteiger partial charge on any atom is -0.404 e. The topological polar surface area (TPSA) is 26.3 Å². The second-order valence-corrected chi connectivity index (χ2v) is 12.2. The number of hydrogen-bond donors (Lipinski definition) is 0. The van der Waals surface area contributed by atoms with Gasteiger partial charge in [0.05, 0.1) is 0 Å². The summed E-state index contributed by atoms with van der Waals surface area (Å²) in [6, 6.07) is 0. The summed E-state index contributed by atoms with van der Waals surface area (Å²) in [4.78, 5) is 12.3. The van der Waals surface area contributed by atoms with E-state index in [4.69, 9.17) is 4.43 Å². The van der Waals surface area contributed by atoms with E-state index in [0.717, 1.165) is 19.3 Å². The molecular weight excluding hydrogens is 228 g/mol. The largest absolute Gasteiger partial charge is 0.404 e. The van der Waals surface area contributed by atoms with Gasteiger partial charge in [-0.3, -0.25) is 4.79 Å². The second kappa shape index (κ2) is 3.92. The minimum absolute atomic E-state index is 0.191. The van der Waals surface area contributed by atoms with E-state index in [9.17, 15) is 4.79 Å². The van der Waals surface area contributed by atoms with Gasteiger partial charge in [0.15, 0.2) is 14.1 Å². The highest BCUT2D eigenvalue weighted by Crippen LogP contribution is 2.48. The number of ketones is 1. The first-order chi connectivity index (χ1) is 7.66. The average Bonchev–Trinajstić information content (AvgIpc) is 2.18. The van der Waals surface area contributed by atoms with Crippen molar-refractivity contribution in [1.82, 2.24) is 0 Å². The van der Waals surface area contributed by atoms with Crippen molar-refractivity contribution in [3.63, 3.8) is 0 Å². The van der Waals surface area contributed by atoms with Gasteiger partial charge in [-0.25, -0.2) is 0 Å². The Hall–Kier alpha value is -0.153. The molecule has 0 aromatic rings. The van der Waals surface area contributed by atoms with Gasteiger partial charge in [0.2, 0.25) is 0 Å². The molecule has 0 radical (unpaired) electrons. The van der Waals surface area contributed by atoms with Crippen molar-refractivity contribution in [2.45, 2.75) is 76.6 Å². The summed E-state index contributed by atoms with van der Waals surface area (Å²) in [6.45, 7) is 11.3. The maximum absolute atomic E-state index is 12.3. The summed E-state index contributed by atoms with van der Waals surface area (Å²) in [7, 11) is -1.82. The van der Waals surface area contributed by atoms with E-state index in [1.165, 1.54) is 12.8 Å². The Morgan fingerprint density at radius 3 is 2.18 bits per heavy atom. The van der Waals surface area contributed by atoms with Gasteiger partial charge in [0.1, 0.15) is 5.60 Å². The van der Waals surface area contributed by atoms with Gasteiger partial charge in [-0.1, -0.05) is 20.8 Å². The highest BCUT2D eigenvalue weighted by molar-refractivity contribution is 6.74. The lowest BCUT2D eigenvalue weighted by atomic mass is 9.67. The third kappa shape index (κ3) is 2.24. The van der Waals surface area contributed by atoms with Gasteiger partial charge >= 0.3 is 0 Å². The van der Waals surface area contributed by atoms with Crippen LogP contribution in [0.1, 0.15) is 52.9 Å². The van der Waals surface area contributed by atoms with Gasteiger partial charge in [-0.2, -0.15) is 0 Å². The van der Waals surface area contributed by atoms with Crippen molar-refractivity contribution in [2.75, 3.05) is 0 Å². The number of fused-ring (bicyclic) bond motifs is 3. The van der Waals surface area contributed by atoms with Crippen LogP contribution in [0.25, 0.3) is 0 Å². The molecule has 0 unspecified atom stereocenters. The SMILES string of the molecule is CC(C)(C)[Si](C)(C)OC12CCC(CC1)CC2=O. The number of carbonyl (C=O) groups excluding carboxylic acids is 1. The van der Waals surface area contributed by atoms with Gasteiger partial charge in [0, 0.05) is 6.42 Å². The lowest BCUT2D eigenvalue weighted by molar-refractivity contribution is -0.148. The molecule has 3 rings (SSSR count). The summed E-state index contributed by atoms with van der Waals surface area (Å²) >= 11 is 0. The minimum atomic E-state index is -1.82. The standard InChI is InChI=1S/C14H26O2Si/c1-13(2,3)17(4,5)16-14-8-6-11(7-9-14)10-12(14)15/h11H,6-10H2,1-5H3. The van der Waals surface area contributed by atoms with Crippen LogP contribution in [-0.4, -0.2) is 19.7 Å². The Morgan fingerprint density at radius 1 is 1.24 bits per heavy atom. The van der Waals surface area contributed by atoms with Gasteiger partial charge in [-0.05, 0) is 49.7 Å². The molecule has 0 aromatic carbocycles. The fourth-order valence-electron chi connectivity index (χ4n) is 2.88. The molecule has 0 saturated heterocycles. The van der Waals surface area contributed by atoms with Crippen LogP contribution in [0.15, 0.2) is 0 Å². The summed E-state index contributed by atoms with van der Waals surface area (Å²) in [6.07, 6.45) is 5.11. The fraction of sp³-hybridized carbons (Fsp3) is 0.929. The molecule has 3 saturated carbocycles. The summed E-state index contributed by atoms with van der Waals surface area (Å²) in [5.41, 5.74) is -0.391. The van der Waals surface area contributed by atoms with Crippen molar-refractivity contribution in [1.29, 1.82) is 0 Å². The van der Waals surface area contributed by atoms with Crippen LogP contribution in [-0.2, 0) is 9.22 Å². The van der Waals surface area contributed by atoms with Gasteiger partial charge < -0.3 is 4.43 Å². The van der Waals surface area contributed by atoms with Crippen molar-refractivity contribution in [2.24, 2.45) is 5.92 Å². The molecule has 3 aliphatic rings. The molecular formula is C14H26O2Si. The van der Waals surface area contributed by atoms with Crippen molar-refractivity contribution in [3.8, 4) is 0 Å². The van der Waals surface area contributed by atoms with Crippen molar-refractivity contribution >= 4 is 14.1 Å². The molecule has 3 heteroatoms. The smallest absolute Gasteiger partial charge is 0.193 e. The quantitative estimate of drug-likeness (QED) is 0.698. The molecule has 2 nitrogen and oxygen atoms in total. The molecule has 0 spiro atoms. The summed E-state index contributed by atoms with van der Waals surface area (Å²) in [5.74, 6) is 1.05. The van der Waals surface area contributed by atoms with Crippen LogP contribution in [0.3, 0.4) is 0 Å². The van der Waals surface area contributed by atoms with E-state index in [2.05, 4.69) is 33.9 Å². The Bertz CT molecular complexity index is 320. The third-order valence-electron chi connectivity index (χ3n) is 5.15. The number of Topliss-reactive ketones (excluding diaryl/α,β-unsaturated/α-hetero) is 1. The first-order valence-corrected chi connectivity index (χ1v) is 9.81. The molecule has 2 bridgehead atoms. The Balaban J connectivity index is 2.19. The van der Waals surface area contributed by atoms with E-state index in [1.54, 1.807) is 0 Å². The third-order valence-corrected chi connectivity index (χ3v) is 9.67. The molecule has 0 atom stereocenters.